The molecule has 0 spiro atoms. The zero-order chi connectivity index (χ0) is 16.9. The quantitative estimate of drug-likeness (QED) is 0.393. The number of nitrogens with two attached hydrogens (primary N) is 2. The fourth-order valence-electron chi connectivity index (χ4n) is 2.06. The minimum absolute atomic E-state index is 0.0539. The molecule has 1 unspecified atom stereocenters. The van der Waals surface area contributed by atoms with Crippen molar-refractivity contribution in [3.63, 3.8) is 0 Å². The Hall–Kier alpha value is -1.79. The molecule has 0 aromatic heterocycles. The van der Waals surface area contributed by atoms with E-state index in [2.05, 4.69) is 34.4 Å². The largest absolute Gasteiger partial charge is 0.397 e. The predicted octanol–water partition coefficient (Wildman–Crippen LogP) is 2.91. The first-order valence-corrected chi connectivity index (χ1v) is 7.76. The van der Waals surface area contributed by atoms with E-state index in [0.29, 0.717) is 24.2 Å². The number of benzene rings is 1. The number of nitrogens with zero attached hydrogens (tertiary/aromatic N) is 1. The Kier molecular flexibility index (Phi) is 6.64. The van der Waals surface area contributed by atoms with Crippen molar-refractivity contribution in [3.8, 4) is 0 Å². The average Bonchev–Trinajstić information content (AvgIpc) is 2.47. The standard InChI is InChI=1S/C16H23BrN4O/c1-5-20-15(22)7-6-11(3)21(19)12(4)13-8-10(2)9-14(17)16(13)18/h5,8-9,11H,1,4,6-7,18-19H2,2-3H3,(H,20,22). The molecule has 0 fully saturated rings. The Balaban J connectivity index is 2.80. The Morgan fingerprint density at radius 2 is 2.18 bits per heavy atom. The van der Waals surface area contributed by atoms with E-state index >= 15 is 0 Å². The molecule has 1 atom stereocenters. The van der Waals surface area contributed by atoms with Crippen LogP contribution in [0.5, 0.6) is 0 Å². The molecular weight excluding hydrogens is 344 g/mol. The fraction of sp³-hybridized carbons (Fsp3) is 0.312. The Morgan fingerprint density at radius 1 is 1.55 bits per heavy atom. The van der Waals surface area contributed by atoms with Gasteiger partial charge in [0, 0.05) is 22.5 Å². The molecule has 6 heteroatoms. The van der Waals surface area contributed by atoms with E-state index in [1.165, 1.54) is 6.20 Å². The number of aryl methyl sites for hydroxylation is 1. The molecule has 22 heavy (non-hydrogen) atoms. The molecular formula is C16H23BrN4O. The molecule has 0 aliphatic heterocycles. The van der Waals surface area contributed by atoms with Crippen LogP contribution in [0.3, 0.4) is 0 Å². The zero-order valence-electron chi connectivity index (χ0n) is 13.0. The molecule has 0 aliphatic rings. The van der Waals surface area contributed by atoms with Crippen molar-refractivity contribution < 1.29 is 4.79 Å². The number of hydrogen-bond donors (Lipinski definition) is 3. The number of hydrazine groups is 1. The van der Waals surface area contributed by atoms with Gasteiger partial charge in [0.1, 0.15) is 0 Å². The van der Waals surface area contributed by atoms with Crippen molar-refractivity contribution in [1.29, 1.82) is 0 Å². The number of nitrogens with one attached hydrogen (secondary N) is 1. The van der Waals surface area contributed by atoms with Crippen LogP contribution < -0.4 is 16.9 Å². The van der Waals surface area contributed by atoms with Crippen LogP contribution >= 0.6 is 15.9 Å². The second-order valence-corrected chi connectivity index (χ2v) is 6.08. The first-order valence-electron chi connectivity index (χ1n) is 6.97. The van der Waals surface area contributed by atoms with Gasteiger partial charge in [0.25, 0.3) is 0 Å². The molecule has 0 saturated carbocycles. The van der Waals surface area contributed by atoms with Crippen LogP contribution in [0.2, 0.25) is 0 Å². The molecule has 1 aromatic carbocycles. The third-order valence-electron chi connectivity index (χ3n) is 3.42. The molecule has 1 rings (SSSR count). The molecule has 0 bridgehead atoms. The summed E-state index contributed by atoms with van der Waals surface area (Å²) in [4.78, 5) is 11.5. The van der Waals surface area contributed by atoms with Crippen molar-refractivity contribution in [2.24, 2.45) is 5.84 Å². The van der Waals surface area contributed by atoms with Gasteiger partial charge in [-0.3, -0.25) is 4.79 Å². The number of rotatable bonds is 7. The molecule has 0 saturated heterocycles. The molecule has 5 N–H and O–H groups in total. The lowest BCUT2D eigenvalue weighted by Crippen LogP contribution is -2.38. The lowest BCUT2D eigenvalue weighted by Gasteiger charge is -2.29. The van der Waals surface area contributed by atoms with Gasteiger partial charge in [-0.15, -0.1) is 0 Å². The summed E-state index contributed by atoms with van der Waals surface area (Å²) < 4.78 is 0.815. The number of halogens is 1. The summed E-state index contributed by atoms with van der Waals surface area (Å²) in [6.07, 6.45) is 2.33. The van der Waals surface area contributed by atoms with Gasteiger partial charge in [0.2, 0.25) is 5.91 Å². The first-order chi connectivity index (χ1) is 10.3. The summed E-state index contributed by atoms with van der Waals surface area (Å²) in [5.74, 6) is 6.05. The van der Waals surface area contributed by atoms with Crippen molar-refractivity contribution in [1.82, 2.24) is 10.3 Å². The smallest absolute Gasteiger partial charge is 0.223 e. The normalized spacial score (nSPS) is 11.6. The number of carbonyl (C=O) groups is 1. The van der Waals surface area contributed by atoms with Crippen molar-refractivity contribution in [2.45, 2.75) is 32.7 Å². The Morgan fingerprint density at radius 3 is 2.77 bits per heavy atom. The highest BCUT2D eigenvalue weighted by molar-refractivity contribution is 9.10. The van der Waals surface area contributed by atoms with E-state index in [-0.39, 0.29) is 11.9 Å². The first kappa shape index (κ1) is 18.3. The highest BCUT2D eigenvalue weighted by Gasteiger charge is 2.17. The molecule has 1 aromatic rings. The van der Waals surface area contributed by atoms with Gasteiger partial charge in [-0.2, -0.15) is 0 Å². The van der Waals surface area contributed by atoms with Crippen LogP contribution in [0.15, 0.2) is 36.0 Å². The van der Waals surface area contributed by atoms with E-state index in [1.807, 2.05) is 26.0 Å². The van der Waals surface area contributed by atoms with Gasteiger partial charge in [-0.1, -0.05) is 13.2 Å². The maximum absolute atomic E-state index is 11.5. The van der Waals surface area contributed by atoms with E-state index < -0.39 is 0 Å². The fourth-order valence-corrected chi connectivity index (χ4v) is 2.64. The molecule has 0 heterocycles. The zero-order valence-corrected chi connectivity index (χ0v) is 14.6. The van der Waals surface area contributed by atoms with Crippen molar-refractivity contribution in [2.75, 3.05) is 5.73 Å². The minimum Gasteiger partial charge on any atom is -0.397 e. The summed E-state index contributed by atoms with van der Waals surface area (Å²) in [6.45, 7) is 11.4. The summed E-state index contributed by atoms with van der Waals surface area (Å²) >= 11 is 3.43. The van der Waals surface area contributed by atoms with Crippen molar-refractivity contribution in [3.05, 3.63) is 47.1 Å². The van der Waals surface area contributed by atoms with Crippen LogP contribution in [0.4, 0.5) is 5.69 Å². The van der Waals surface area contributed by atoms with E-state index in [0.717, 1.165) is 15.6 Å². The van der Waals surface area contributed by atoms with Crippen LogP contribution in [0.1, 0.15) is 30.9 Å². The lowest BCUT2D eigenvalue weighted by atomic mass is 10.1. The van der Waals surface area contributed by atoms with Gasteiger partial charge < -0.3 is 16.1 Å². The Bertz CT molecular complexity index is 586. The molecule has 120 valence electrons. The maximum Gasteiger partial charge on any atom is 0.223 e. The number of carbonyl (C=O) groups excluding carboxylic acids is 1. The van der Waals surface area contributed by atoms with Crippen molar-refractivity contribution >= 4 is 33.2 Å². The van der Waals surface area contributed by atoms with Gasteiger partial charge in [0.15, 0.2) is 0 Å². The second-order valence-electron chi connectivity index (χ2n) is 5.22. The van der Waals surface area contributed by atoms with E-state index in [1.54, 1.807) is 5.01 Å². The van der Waals surface area contributed by atoms with Gasteiger partial charge in [0.05, 0.1) is 11.4 Å². The van der Waals surface area contributed by atoms with E-state index in [4.69, 9.17) is 11.6 Å². The van der Waals surface area contributed by atoms with Crippen LogP contribution in [0.25, 0.3) is 5.70 Å². The monoisotopic (exact) mass is 366 g/mol. The van der Waals surface area contributed by atoms with Crippen LogP contribution in [0, 0.1) is 6.92 Å². The molecule has 0 aliphatic carbocycles. The van der Waals surface area contributed by atoms with Gasteiger partial charge in [-0.05, 0) is 60.1 Å². The number of nitrogen functional groups attached to an aromatic ring is 1. The molecule has 0 radical (unpaired) electrons. The van der Waals surface area contributed by atoms with E-state index in [9.17, 15) is 4.79 Å². The summed E-state index contributed by atoms with van der Waals surface area (Å²) in [6, 6.07) is 3.83. The van der Waals surface area contributed by atoms with Gasteiger partial charge in [-0.25, -0.2) is 5.84 Å². The number of anilines is 1. The van der Waals surface area contributed by atoms with Crippen LogP contribution in [-0.4, -0.2) is 17.0 Å². The number of amides is 1. The maximum atomic E-state index is 11.5. The third-order valence-corrected chi connectivity index (χ3v) is 4.08. The second kappa shape index (κ2) is 8.00. The summed E-state index contributed by atoms with van der Waals surface area (Å²) in [5, 5.41) is 4.10. The SMILES string of the molecule is C=CNC(=O)CCC(C)N(N)C(=C)c1cc(C)cc(Br)c1N. The minimum atomic E-state index is -0.0846. The Labute approximate surface area is 140 Å². The lowest BCUT2D eigenvalue weighted by molar-refractivity contribution is -0.120. The average molecular weight is 367 g/mol. The highest BCUT2D eigenvalue weighted by Crippen LogP contribution is 2.31. The topological polar surface area (TPSA) is 84.4 Å². The molecule has 5 nitrogen and oxygen atoms in total. The summed E-state index contributed by atoms with van der Waals surface area (Å²) in [5.41, 5.74) is 9.16. The third kappa shape index (κ3) is 4.61. The predicted molar refractivity (Wildman–Crippen MR) is 95.4 cm³/mol. The highest BCUT2D eigenvalue weighted by atomic mass is 79.9. The molecule has 1 amide bonds. The van der Waals surface area contributed by atoms with Crippen LogP contribution in [-0.2, 0) is 4.79 Å². The number of hydrogen-bond acceptors (Lipinski definition) is 4. The van der Waals surface area contributed by atoms with Gasteiger partial charge >= 0.3 is 0 Å². The summed E-state index contributed by atoms with van der Waals surface area (Å²) in [7, 11) is 0.